The maximum Gasteiger partial charge on any atom is 0.117 e. The molecule has 0 atom stereocenters. The molecule has 4 nitrogen and oxygen atoms in total. The summed E-state index contributed by atoms with van der Waals surface area (Å²) in [4.78, 5) is 8.04. The summed E-state index contributed by atoms with van der Waals surface area (Å²) in [5, 5.41) is 9.54. The Bertz CT molecular complexity index is 785. The van der Waals surface area contributed by atoms with E-state index in [1.807, 2.05) is 18.2 Å². The molecular weight excluding hydrogens is 250 g/mol. The lowest BCUT2D eigenvalue weighted by Gasteiger charge is -2.12. The molecule has 4 heteroatoms. The monoisotopic (exact) mass is 265 g/mol. The molecule has 0 spiro atoms. The summed E-state index contributed by atoms with van der Waals surface area (Å²) in [6.07, 6.45) is 2.17. The number of rotatable bonds is 2. The van der Waals surface area contributed by atoms with Gasteiger partial charge in [-0.3, -0.25) is 0 Å². The molecule has 0 bridgehead atoms. The molecule has 0 unspecified atom stereocenters. The molecule has 4 N–H and O–H groups in total. The van der Waals surface area contributed by atoms with E-state index >= 15 is 0 Å². The Balaban J connectivity index is 1.83. The zero-order valence-corrected chi connectivity index (χ0v) is 10.9. The number of phenols is 1. The average molecular weight is 265 g/mol. The quantitative estimate of drug-likeness (QED) is 0.624. The largest absolute Gasteiger partial charge is 0.508 e. The number of aromatic nitrogens is 2. The first-order valence-electron chi connectivity index (χ1n) is 6.73. The number of nitrogens with zero attached hydrogens (tertiary/aromatic N) is 1. The fourth-order valence-corrected chi connectivity index (χ4v) is 2.81. The maximum absolute atomic E-state index is 9.54. The van der Waals surface area contributed by atoms with E-state index in [9.17, 15) is 5.11 Å². The number of fused-ring (bicyclic) bond motifs is 1. The van der Waals surface area contributed by atoms with Gasteiger partial charge in [0.1, 0.15) is 11.6 Å². The van der Waals surface area contributed by atoms with E-state index in [4.69, 9.17) is 5.73 Å². The lowest BCUT2D eigenvalue weighted by molar-refractivity contribution is 0.476. The molecule has 1 aliphatic carbocycles. The van der Waals surface area contributed by atoms with Crippen molar-refractivity contribution >= 4 is 16.7 Å². The predicted octanol–water partition coefficient (Wildman–Crippen LogP) is 2.93. The van der Waals surface area contributed by atoms with E-state index in [0.717, 1.165) is 35.4 Å². The second-order valence-corrected chi connectivity index (χ2v) is 5.49. The highest BCUT2D eigenvalue weighted by Gasteiger charge is 2.48. The van der Waals surface area contributed by atoms with Crippen LogP contribution >= 0.6 is 0 Å². The topological polar surface area (TPSA) is 74.9 Å². The van der Waals surface area contributed by atoms with Gasteiger partial charge in [0.25, 0.3) is 0 Å². The molecule has 1 heterocycles. The lowest BCUT2D eigenvalue weighted by Crippen LogP contribution is -2.10. The number of hydrogen-bond donors (Lipinski definition) is 3. The van der Waals surface area contributed by atoms with Gasteiger partial charge in [-0.2, -0.15) is 0 Å². The molecule has 1 saturated carbocycles. The number of nitrogens with one attached hydrogen (secondary N) is 1. The molecule has 4 rings (SSSR count). The van der Waals surface area contributed by atoms with Gasteiger partial charge in [-0.1, -0.05) is 12.1 Å². The van der Waals surface area contributed by atoms with E-state index in [0.29, 0.717) is 0 Å². The molecule has 0 radical (unpaired) electrons. The van der Waals surface area contributed by atoms with Crippen LogP contribution in [0.3, 0.4) is 0 Å². The number of benzene rings is 2. The molecule has 1 fully saturated rings. The maximum atomic E-state index is 9.54. The predicted molar refractivity (Wildman–Crippen MR) is 78.6 cm³/mol. The first kappa shape index (κ1) is 11.3. The summed E-state index contributed by atoms with van der Waals surface area (Å²) in [5.41, 5.74) is 9.53. The minimum Gasteiger partial charge on any atom is -0.508 e. The number of phenolic OH excluding ortho intramolecular Hbond substituents is 1. The standard InChI is InChI=1S/C16H15N3O/c17-11-3-1-10(2-4-11)16(7-8-16)15-18-13-6-5-12(20)9-14(13)19-15/h1-6,9,20H,7-8,17H2,(H,18,19). The van der Waals surface area contributed by atoms with Crippen LogP contribution < -0.4 is 5.73 Å². The van der Waals surface area contributed by atoms with Gasteiger partial charge in [-0.05, 0) is 42.7 Å². The number of nitrogens with two attached hydrogens (primary N) is 1. The van der Waals surface area contributed by atoms with Crippen molar-refractivity contribution in [3.8, 4) is 5.75 Å². The molecule has 20 heavy (non-hydrogen) atoms. The number of aromatic hydroxyl groups is 1. The van der Waals surface area contributed by atoms with E-state index < -0.39 is 0 Å². The highest BCUT2D eigenvalue weighted by molar-refractivity contribution is 5.77. The molecular formula is C16H15N3O. The van der Waals surface area contributed by atoms with Crippen molar-refractivity contribution in [3.05, 3.63) is 53.9 Å². The number of imidazole rings is 1. The first-order valence-corrected chi connectivity index (χ1v) is 6.73. The third-order valence-electron chi connectivity index (χ3n) is 4.13. The summed E-state index contributed by atoms with van der Waals surface area (Å²) < 4.78 is 0. The van der Waals surface area contributed by atoms with Crippen LogP contribution in [0.1, 0.15) is 24.2 Å². The molecule has 0 amide bonds. The van der Waals surface area contributed by atoms with Crippen LogP contribution in [0.2, 0.25) is 0 Å². The number of aromatic amines is 1. The van der Waals surface area contributed by atoms with Crippen LogP contribution in [0.25, 0.3) is 11.0 Å². The smallest absolute Gasteiger partial charge is 0.117 e. The van der Waals surface area contributed by atoms with Crippen LogP contribution in [0.4, 0.5) is 5.69 Å². The fraction of sp³-hybridized carbons (Fsp3) is 0.188. The van der Waals surface area contributed by atoms with E-state index in [-0.39, 0.29) is 11.2 Å². The SMILES string of the molecule is Nc1ccc(C2(c3nc4ccc(O)cc4[nH]3)CC2)cc1. The summed E-state index contributed by atoms with van der Waals surface area (Å²) in [7, 11) is 0. The Hall–Kier alpha value is -2.49. The summed E-state index contributed by atoms with van der Waals surface area (Å²) in [6, 6.07) is 13.2. The van der Waals surface area contributed by atoms with Crippen molar-refractivity contribution in [2.24, 2.45) is 0 Å². The van der Waals surface area contributed by atoms with Crippen molar-refractivity contribution < 1.29 is 5.11 Å². The van der Waals surface area contributed by atoms with Gasteiger partial charge >= 0.3 is 0 Å². The van der Waals surface area contributed by atoms with Crippen molar-refractivity contribution in [2.45, 2.75) is 18.3 Å². The van der Waals surface area contributed by atoms with Crippen LogP contribution in [0.15, 0.2) is 42.5 Å². The molecule has 0 saturated heterocycles. The Kier molecular flexibility index (Phi) is 2.13. The van der Waals surface area contributed by atoms with E-state index in [1.54, 1.807) is 12.1 Å². The van der Waals surface area contributed by atoms with Gasteiger partial charge in [0.15, 0.2) is 0 Å². The van der Waals surface area contributed by atoms with Gasteiger partial charge in [-0.15, -0.1) is 0 Å². The normalized spacial score (nSPS) is 16.4. The second kappa shape index (κ2) is 3.76. The van der Waals surface area contributed by atoms with Crippen molar-refractivity contribution in [1.82, 2.24) is 9.97 Å². The van der Waals surface area contributed by atoms with Crippen LogP contribution in [-0.4, -0.2) is 15.1 Å². The van der Waals surface area contributed by atoms with E-state index in [1.165, 1.54) is 5.56 Å². The Morgan fingerprint density at radius 2 is 1.85 bits per heavy atom. The number of nitrogen functional groups attached to an aromatic ring is 1. The van der Waals surface area contributed by atoms with Gasteiger partial charge in [0, 0.05) is 11.8 Å². The summed E-state index contributed by atoms with van der Waals surface area (Å²) in [5.74, 6) is 1.23. The summed E-state index contributed by atoms with van der Waals surface area (Å²) in [6.45, 7) is 0. The average Bonchev–Trinajstić information content (AvgIpc) is 3.14. The van der Waals surface area contributed by atoms with Crippen molar-refractivity contribution in [2.75, 3.05) is 5.73 Å². The number of hydrogen-bond acceptors (Lipinski definition) is 3. The Morgan fingerprint density at radius 1 is 1.10 bits per heavy atom. The van der Waals surface area contributed by atoms with Crippen LogP contribution in [0, 0.1) is 0 Å². The van der Waals surface area contributed by atoms with Crippen molar-refractivity contribution in [3.63, 3.8) is 0 Å². The summed E-state index contributed by atoms with van der Waals surface area (Å²) >= 11 is 0. The molecule has 1 aliphatic rings. The molecule has 100 valence electrons. The zero-order valence-electron chi connectivity index (χ0n) is 10.9. The fourth-order valence-electron chi connectivity index (χ4n) is 2.81. The highest BCUT2D eigenvalue weighted by Crippen LogP contribution is 2.52. The minimum atomic E-state index is -0.0116. The van der Waals surface area contributed by atoms with Crippen LogP contribution in [0.5, 0.6) is 5.75 Å². The minimum absolute atomic E-state index is 0.0116. The zero-order chi connectivity index (χ0) is 13.7. The van der Waals surface area contributed by atoms with Gasteiger partial charge < -0.3 is 15.8 Å². The lowest BCUT2D eigenvalue weighted by atomic mass is 9.95. The number of H-pyrrole nitrogens is 1. The molecule has 3 aromatic rings. The third-order valence-corrected chi connectivity index (χ3v) is 4.13. The molecule has 2 aromatic carbocycles. The van der Waals surface area contributed by atoms with Crippen LogP contribution in [-0.2, 0) is 5.41 Å². The highest BCUT2D eigenvalue weighted by atomic mass is 16.3. The Morgan fingerprint density at radius 3 is 2.55 bits per heavy atom. The Labute approximate surface area is 116 Å². The van der Waals surface area contributed by atoms with Gasteiger partial charge in [-0.25, -0.2) is 4.98 Å². The van der Waals surface area contributed by atoms with E-state index in [2.05, 4.69) is 22.1 Å². The third kappa shape index (κ3) is 1.58. The first-order chi connectivity index (χ1) is 9.67. The number of anilines is 1. The molecule has 1 aromatic heterocycles. The van der Waals surface area contributed by atoms with Crippen molar-refractivity contribution in [1.29, 1.82) is 0 Å². The van der Waals surface area contributed by atoms with Gasteiger partial charge in [0.2, 0.25) is 0 Å². The molecule has 0 aliphatic heterocycles. The van der Waals surface area contributed by atoms with Gasteiger partial charge in [0.05, 0.1) is 16.4 Å². The second-order valence-electron chi connectivity index (χ2n) is 5.49.